The quantitative estimate of drug-likeness (QED) is 0.605. The molecular weight excluding hydrogens is 369 g/mol. The second-order valence-electron chi connectivity index (χ2n) is 6.79. The van der Waals surface area contributed by atoms with Gasteiger partial charge in [0.05, 0.1) is 5.56 Å². The normalized spacial score (nSPS) is 15.1. The predicted molar refractivity (Wildman–Crippen MR) is 101 cm³/mol. The molecule has 2 aromatic rings. The lowest BCUT2D eigenvalue weighted by molar-refractivity contribution is -0.137. The molecule has 0 saturated heterocycles. The molecule has 0 bridgehead atoms. The lowest BCUT2D eigenvalue weighted by Gasteiger charge is -2.13. The Morgan fingerprint density at radius 3 is 2.61 bits per heavy atom. The molecule has 0 spiro atoms. The van der Waals surface area contributed by atoms with Gasteiger partial charge in [-0.3, -0.25) is 4.99 Å². The van der Waals surface area contributed by atoms with E-state index in [9.17, 15) is 13.2 Å². The summed E-state index contributed by atoms with van der Waals surface area (Å²) >= 11 is 0. The van der Waals surface area contributed by atoms with Gasteiger partial charge in [-0.1, -0.05) is 18.6 Å². The second-order valence-corrected chi connectivity index (χ2v) is 6.79. The molecule has 2 N–H and O–H groups in total. The minimum atomic E-state index is -4.32. The first-order valence-electron chi connectivity index (χ1n) is 9.49. The standard InChI is InChI=1S/C19H25F3N6/c1-23-18(25-13-14-6-8-15(9-7-14)19(20,21)22)24-11-10-17-27-26-16-5-3-2-4-12-28(16)17/h6-9H,2-5,10-13H2,1H3,(H2,23,24,25). The van der Waals surface area contributed by atoms with E-state index in [2.05, 4.69) is 30.4 Å². The minimum Gasteiger partial charge on any atom is -0.356 e. The summed E-state index contributed by atoms with van der Waals surface area (Å²) in [4.78, 5) is 4.15. The molecule has 1 aliphatic heterocycles. The third-order valence-electron chi connectivity index (χ3n) is 4.79. The molecule has 6 nitrogen and oxygen atoms in total. The van der Waals surface area contributed by atoms with Gasteiger partial charge in [0.1, 0.15) is 11.6 Å². The summed E-state index contributed by atoms with van der Waals surface area (Å²) < 4.78 is 40.1. The molecule has 1 aromatic heterocycles. The van der Waals surface area contributed by atoms with E-state index in [1.165, 1.54) is 18.6 Å². The number of rotatable bonds is 5. The van der Waals surface area contributed by atoms with Crippen LogP contribution in [0.1, 0.15) is 42.0 Å². The van der Waals surface area contributed by atoms with Crippen LogP contribution in [0.15, 0.2) is 29.3 Å². The van der Waals surface area contributed by atoms with Crippen LogP contribution in [0.25, 0.3) is 0 Å². The number of nitrogens with one attached hydrogen (secondary N) is 2. The minimum absolute atomic E-state index is 0.387. The highest BCUT2D eigenvalue weighted by Gasteiger charge is 2.29. The molecule has 3 rings (SSSR count). The molecule has 28 heavy (non-hydrogen) atoms. The lowest BCUT2D eigenvalue weighted by Crippen LogP contribution is -2.38. The summed E-state index contributed by atoms with van der Waals surface area (Å²) in [5.74, 6) is 2.63. The molecule has 2 heterocycles. The van der Waals surface area contributed by atoms with Crippen LogP contribution in [-0.2, 0) is 32.1 Å². The maximum absolute atomic E-state index is 12.6. The summed E-state index contributed by atoms with van der Waals surface area (Å²) in [6.45, 7) is 2.00. The van der Waals surface area contributed by atoms with Gasteiger partial charge < -0.3 is 15.2 Å². The van der Waals surface area contributed by atoms with Crippen molar-refractivity contribution in [1.82, 2.24) is 25.4 Å². The highest BCUT2D eigenvalue weighted by Crippen LogP contribution is 2.29. The van der Waals surface area contributed by atoms with E-state index in [1.54, 1.807) is 7.05 Å². The average Bonchev–Trinajstić information content (AvgIpc) is 2.90. The maximum Gasteiger partial charge on any atom is 0.416 e. The molecule has 1 aliphatic rings. The fourth-order valence-electron chi connectivity index (χ4n) is 3.24. The van der Waals surface area contributed by atoms with E-state index in [0.717, 1.165) is 61.6 Å². The number of nitrogens with zero attached hydrogens (tertiary/aromatic N) is 4. The lowest BCUT2D eigenvalue weighted by atomic mass is 10.1. The maximum atomic E-state index is 12.6. The molecule has 0 aliphatic carbocycles. The Morgan fingerprint density at radius 1 is 1.11 bits per heavy atom. The zero-order chi connectivity index (χ0) is 20.0. The largest absolute Gasteiger partial charge is 0.416 e. The Bertz CT molecular complexity index is 795. The molecule has 0 radical (unpaired) electrons. The first-order valence-corrected chi connectivity index (χ1v) is 9.49. The Balaban J connectivity index is 1.47. The molecule has 0 atom stereocenters. The summed E-state index contributed by atoms with van der Waals surface area (Å²) in [7, 11) is 1.66. The van der Waals surface area contributed by atoms with Gasteiger partial charge in [0.2, 0.25) is 0 Å². The number of aryl methyl sites for hydroxylation is 1. The molecule has 0 fully saturated rings. The van der Waals surface area contributed by atoms with Crippen LogP contribution in [0.4, 0.5) is 13.2 Å². The molecule has 9 heteroatoms. The SMILES string of the molecule is CN=C(NCCc1nnc2n1CCCCC2)NCc1ccc(C(F)(F)F)cc1. The number of fused-ring (bicyclic) bond motifs is 1. The number of aromatic nitrogens is 3. The van der Waals surface area contributed by atoms with Crippen LogP contribution < -0.4 is 10.6 Å². The van der Waals surface area contributed by atoms with E-state index >= 15 is 0 Å². The van der Waals surface area contributed by atoms with Gasteiger partial charge >= 0.3 is 6.18 Å². The van der Waals surface area contributed by atoms with Gasteiger partial charge in [-0.25, -0.2) is 0 Å². The third kappa shape index (κ3) is 5.24. The highest BCUT2D eigenvalue weighted by atomic mass is 19.4. The zero-order valence-electron chi connectivity index (χ0n) is 15.9. The Morgan fingerprint density at radius 2 is 1.89 bits per heavy atom. The Kier molecular flexibility index (Phi) is 6.53. The molecular formula is C19H25F3N6. The first kappa shape index (κ1) is 20.2. The molecule has 0 unspecified atom stereocenters. The molecule has 1 aromatic carbocycles. The topological polar surface area (TPSA) is 67.1 Å². The molecule has 0 amide bonds. The number of alkyl halides is 3. The van der Waals surface area contributed by atoms with Crippen LogP contribution in [0, 0.1) is 0 Å². The predicted octanol–water partition coefficient (Wildman–Crippen LogP) is 2.93. The number of guanidine groups is 1. The van der Waals surface area contributed by atoms with Gasteiger partial charge in [-0.05, 0) is 30.5 Å². The van der Waals surface area contributed by atoms with Crippen molar-refractivity contribution in [2.45, 2.75) is 51.4 Å². The van der Waals surface area contributed by atoms with E-state index in [0.29, 0.717) is 19.0 Å². The van der Waals surface area contributed by atoms with Crippen LogP contribution in [0.5, 0.6) is 0 Å². The van der Waals surface area contributed by atoms with Crippen LogP contribution in [0.2, 0.25) is 0 Å². The second kappa shape index (κ2) is 9.07. The number of aliphatic imine (C=N–C) groups is 1. The van der Waals surface area contributed by atoms with Gasteiger partial charge in [-0.15, -0.1) is 10.2 Å². The number of hydrogen-bond donors (Lipinski definition) is 2. The molecule has 0 saturated carbocycles. The first-order chi connectivity index (χ1) is 13.5. The van der Waals surface area contributed by atoms with E-state index < -0.39 is 11.7 Å². The van der Waals surface area contributed by atoms with Crippen molar-refractivity contribution in [2.24, 2.45) is 4.99 Å². The molecule has 152 valence electrons. The van der Waals surface area contributed by atoms with Crippen molar-refractivity contribution < 1.29 is 13.2 Å². The van der Waals surface area contributed by atoms with Crippen molar-refractivity contribution in [3.63, 3.8) is 0 Å². The monoisotopic (exact) mass is 394 g/mol. The van der Waals surface area contributed by atoms with Gasteiger partial charge in [0, 0.05) is 39.5 Å². The van der Waals surface area contributed by atoms with Crippen molar-refractivity contribution in [3.05, 3.63) is 47.0 Å². The number of halogens is 3. The van der Waals surface area contributed by atoms with Crippen molar-refractivity contribution in [2.75, 3.05) is 13.6 Å². The highest BCUT2D eigenvalue weighted by molar-refractivity contribution is 5.79. The van der Waals surface area contributed by atoms with Crippen molar-refractivity contribution in [3.8, 4) is 0 Å². The van der Waals surface area contributed by atoms with Crippen molar-refractivity contribution >= 4 is 5.96 Å². The average molecular weight is 394 g/mol. The van der Waals surface area contributed by atoms with E-state index in [1.807, 2.05) is 0 Å². The van der Waals surface area contributed by atoms with Crippen LogP contribution >= 0.6 is 0 Å². The van der Waals surface area contributed by atoms with Crippen molar-refractivity contribution in [1.29, 1.82) is 0 Å². The number of benzene rings is 1. The van der Waals surface area contributed by atoms with Crippen LogP contribution in [0.3, 0.4) is 0 Å². The summed E-state index contributed by atoms with van der Waals surface area (Å²) in [5.41, 5.74) is 0.102. The van der Waals surface area contributed by atoms with Crippen LogP contribution in [-0.4, -0.2) is 34.3 Å². The fourth-order valence-corrected chi connectivity index (χ4v) is 3.24. The Hall–Kier alpha value is -2.58. The fraction of sp³-hybridized carbons (Fsp3) is 0.526. The Labute approximate surface area is 162 Å². The van der Waals surface area contributed by atoms with E-state index in [4.69, 9.17) is 0 Å². The summed E-state index contributed by atoms with van der Waals surface area (Å²) in [6.07, 6.45) is 0.939. The van der Waals surface area contributed by atoms with Gasteiger partial charge in [0.15, 0.2) is 5.96 Å². The third-order valence-corrected chi connectivity index (χ3v) is 4.79. The summed E-state index contributed by atoms with van der Waals surface area (Å²) in [6, 6.07) is 5.11. The van der Waals surface area contributed by atoms with Gasteiger partial charge in [0.25, 0.3) is 0 Å². The summed E-state index contributed by atoms with van der Waals surface area (Å²) in [5, 5.41) is 14.9. The van der Waals surface area contributed by atoms with E-state index in [-0.39, 0.29) is 0 Å². The smallest absolute Gasteiger partial charge is 0.356 e. The number of hydrogen-bond acceptors (Lipinski definition) is 3. The zero-order valence-corrected chi connectivity index (χ0v) is 15.9. The van der Waals surface area contributed by atoms with Gasteiger partial charge in [-0.2, -0.15) is 13.2 Å².